The van der Waals surface area contributed by atoms with Crippen LogP contribution >= 0.6 is 0 Å². The lowest BCUT2D eigenvalue weighted by Gasteiger charge is -2.31. The minimum atomic E-state index is -5.00. The second-order valence-electron chi connectivity index (χ2n) is 4.25. The van der Waals surface area contributed by atoms with Crippen LogP contribution in [0.3, 0.4) is 0 Å². The van der Waals surface area contributed by atoms with Gasteiger partial charge in [0.05, 0.1) is 6.61 Å². The third kappa shape index (κ3) is 2.43. The summed E-state index contributed by atoms with van der Waals surface area (Å²) < 4.78 is 43.0. The van der Waals surface area contributed by atoms with Crippen molar-refractivity contribution >= 4 is 11.8 Å². The number of aliphatic hydroxyl groups is 1. The van der Waals surface area contributed by atoms with Crippen LogP contribution in [-0.2, 0) is 4.74 Å². The number of nitrogens with zero attached hydrogens (tertiary/aromatic N) is 2. The van der Waals surface area contributed by atoms with E-state index in [1.807, 2.05) is 0 Å². The fourth-order valence-corrected chi connectivity index (χ4v) is 1.49. The Labute approximate surface area is 102 Å². The van der Waals surface area contributed by atoms with Gasteiger partial charge in [-0.1, -0.05) is 13.8 Å². The summed E-state index contributed by atoms with van der Waals surface area (Å²) >= 11 is 0. The van der Waals surface area contributed by atoms with E-state index in [1.54, 1.807) is 13.8 Å². The van der Waals surface area contributed by atoms with E-state index in [2.05, 4.69) is 9.84 Å². The fourth-order valence-electron chi connectivity index (χ4n) is 1.49. The largest absolute Gasteiger partial charge is 0.448 e. The molecule has 1 amide bonds. The summed E-state index contributed by atoms with van der Waals surface area (Å²) in [5.74, 6) is -0.307. The van der Waals surface area contributed by atoms with Gasteiger partial charge in [-0.15, -0.1) is 0 Å². The predicted octanol–water partition coefficient (Wildman–Crippen LogP) is 2.11. The highest BCUT2D eigenvalue weighted by molar-refractivity contribution is 5.90. The van der Waals surface area contributed by atoms with Crippen LogP contribution < -0.4 is 0 Å². The summed E-state index contributed by atoms with van der Waals surface area (Å²) in [6, 6.07) is 0. The average Bonchev–Trinajstić information content (AvgIpc) is 2.57. The van der Waals surface area contributed by atoms with E-state index in [-0.39, 0.29) is 23.2 Å². The molecule has 8 heteroatoms. The van der Waals surface area contributed by atoms with Gasteiger partial charge in [0.15, 0.2) is 0 Å². The van der Waals surface area contributed by atoms with Crippen LogP contribution in [0.15, 0.2) is 5.10 Å². The zero-order valence-corrected chi connectivity index (χ0v) is 10.3. The van der Waals surface area contributed by atoms with Crippen LogP contribution in [0.4, 0.5) is 18.0 Å². The van der Waals surface area contributed by atoms with Gasteiger partial charge < -0.3 is 9.84 Å². The highest BCUT2D eigenvalue weighted by Gasteiger charge is 2.63. The summed E-state index contributed by atoms with van der Waals surface area (Å²) in [6.45, 7) is 4.61. The first-order valence-corrected chi connectivity index (χ1v) is 5.47. The van der Waals surface area contributed by atoms with Crippen molar-refractivity contribution in [2.24, 2.45) is 11.0 Å². The van der Waals surface area contributed by atoms with E-state index in [4.69, 9.17) is 0 Å². The van der Waals surface area contributed by atoms with Gasteiger partial charge in [0.2, 0.25) is 0 Å². The van der Waals surface area contributed by atoms with Crippen LogP contribution in [0.25, 0.3) is 0 Å². The van der Waals surface area contributed by atoms with Crippen LogP contribution in [0.1, 0.15) is 27.2 Å². The molecule has 0 bridgehead atoms. The number of carbonyl (C=O) groups is 1. The van der Waals surface area contributed by atoms with Crippen molar-refractivity contribution in [3.05, 3.63) is 0 Å². The Bertz CT molecular complexity index is 368. The van der Waals surface area contributed by atoms with Crippen molar-refractivity contribution in [3.8, 4) is 0 Å². The van der Waals surface area contributed by atoms with E-state index in [1.165, 1.54) is 6.92 Å². The summed E-state index contributed by atoms with van der Waals surface area (Å²) in [7, 11) is 0. The highest BCUT2D eigenvalue weighted by Crippen LogP contribution is 2.41. The summed E-state index contributed by atoms with van der Waals surface area (Å²) in [4.78, 5) is 11.4. The number of halogens is 3. The van der Waals surface area contributed by atoms with Crippen molar-refractivity contribution in [3.63, 3.8) is 0 Å². The molecule has 5 nitrogen and oxygen atoms in total. The molecule has 0 fully saturated rings. The van der Waals surface area contributed by atoms with Crippen LogP contribution in [0, 0.1) is 5.92 Å². The summed E-state index contributed by atoms with van der Waals surface area (Å²) in [5.41, 5.74) is -3.22. The number of hydrogen-bond acceptors (Lipinski definition) is 4. The second kappa shape index (κ2) is 4.75. The van der Waals surface area contributed by atoms with Crippen LogP contribution in [0.5, 0.6) is 0 Å². The molecule has 0 saturated carbocycles. The summed E-state index contributed by atoms with van der Waals surface area (Å²) in [6.07, 6.45) is -7.07. The number of hydrazone groups is 1. The maximum absolute atomic E-state index is 12.9. The maximum Gasteiger partial charge on any atom is 0.439 e. The van der Waals surface area contributed by atoms with Gasteiger partial charge in [-0.2, -0.15) is 23.3 Å². The molecule has 0 aromatic heterocycles. The zero-order chi connectivity index (χ0) is 14.1. The number of amides is 1. The molecule has 0 radical (unpaired) electrons. The van der Waals surface area contributed by atoms with Gasteiger partial charge in [-0.3, -0.25) is 0 Å². The number of rotatable bonds is 2. The van der Waals surface area contributed by atoms with E-state index in [0.717, 1.165) is 0 Å². The minimum absolute atomic E-state index is 0.0220. The molecule has 0 aromatic carbocycles. The van der Waals surface area contributed by atoms with E-state index >= 15 is 0 Å². The van der Waals surface area contributed by atoms with Crippen LogP contribution in [-0.4, -0.2) is 40.4 Å². The molecule has 0 aliphatic carbocycles. The summed E-state index contributed by atoms with van der Waals surface area (Å²) in [5, 5.41) is 13.2. The zero-order valence-electron chi connectivity index (χ0n) is 10.3. The third-order valence-corrected chi connectivity index (χ3v) is 2.57. The molecule has 104 valence electrons. The predicted molar refractivity (Wildman–Crippen MR) is 56.8 cm³/mol. The SMILES string of the molecule is CCOC(=O)N1N=C(C(C)C)C[C@]1(O)C(F)(F)F. The molecule has 1 aliphatic heterocycles. The first kappa shape index (κ1) is 14.7. The number of alkyl halides is 3. The average molecular weight is 268 g/mol. The Morgan fingerprint density at radius 2 is 2.17 bits per heavy atom. The molecule has 0 spiro atoms. The van der Waals surface area contributed by atoms with E-state index in [9.17, 15) is 23.1 Å². The van der Waals surface area contributed by atoms with Gasteiger partial charge in [0, 0.05) is 12.1 Å². The Morgan fingerprint density at radius 1 is 1.61 bits per heavy atom. The molecular weight excluding hydrogens is 253 g/mol. The molecule has 0 aromatic rings. The van der Waals surface area contributed by atoms with Gasteiger partial charge in [-0.25, -0.2) is 4.79 Å². The van der Waals surface area contributed by atoms with E-state index < -0.39 is 24.4 Å². The molecule has 0 saturated heterocycles. The molecule has 1 N–H and O–H groups in total. The van der Waals surface area contributed by atoms with Gasteiger partial charge in [0.1, 0.15) is 0 Å². The Kier molecular flexibility index (Phi) is 3.89. The molecular formula is C10H15F3N2O3. The highest BCUT2D eigenvalue weighted by atomic mass is 19.4. The molecule has 1 rings (SSSR count). The van der Waals surface area contributed by atoms with Crippen molar-refractivity contribution in [1.82, 2.24) is 5.01 Å². The number of carbonyl (C=O) groups excluding carboxylic acids is 1. The second-order valence-corrected chi connectivity index (χ2v) is 4.25. The smallest absolute Gasteiger partial charge is 0.439 e. The van der Waals surface area contributed by atoms with Crippen molar-refractivity contribution in [2.75, 3.05) is 6.61 Å². The van der Waals surface area contributed by atoms with E-state index in [0.29, 0.717) is 0 Å². The Hall–Kier alpha value is -1.31. The first-order chi connectivity index (χ1) is 8.13. The van der Waals surface area contributed by atoms with Gasteiger partial charge >= 0.3 is 12.3 Å². The first-order valence-electron chi connectivity index (χ1n) is 5.47. The quantitative estimate of drug-likeness (QED) is 0.834. The van der Waals surface area contributed by atoms with Crippen molar-refractivity contribution < 1.29 is 27.8 Å². The lowest BCUT2D eigenvalue weighted by Crippen LogP contribution is -2.56. The van der Waals surface area contributed by atoms with Crippen molar-refractivity contribution in [1.29, 1.82) is 0 Å². The molecule has 1 atom stereocenters. The normalized spacial score (nSPS) is 24.4. The topological polar surface area (TPSA) is 62.1 Å². The molecule has 0 unspecified atom stereocenters. The van der Waals surface area contributed by atoms with Crippen LogP contribution in [0.2, 0.25) is 0 Å². The fraction of sp³-hybridized carbons (Fsp3) is 0.800. The third-order valence-electron chi connectivity index (χ3n) is 2.57. The molecule has 1 heterocycles. The van der Waals surface area contributed by atoms with Crippen molar-refractivity contribution in [2.45, 2.75) is 39.1 Å². The van der Waals surface area contributed by atoms with Gasteiger partial charge in [-0.05, 0) is 12.8 Å². The standard InChI is InChI=1S/C10H15F3N2O3/c1-4-18-8(16)15-9(17,10(11,12)13)5-7(14-15)6(2)3/h6,17H,4-5H2,1-3H3/t9-/m0/s1. The Morgan fingerprint density at radius 3 is 2.56 bits per heavy atom. The monoisotopic (exact) mass is 268 g/mol. The minimum Gasteiger partial charge on any atom is -0.448 e. The maximum atomic E-state index is 12.9. The van der Waals surface area contributed by atoms with Gasteiger partial charge in [0.25, 0.3) is 5.72 Å². The Balaban J connectivity index is 3.10. The molecule has 1 aliphatic rings. The lowest BCUT2D eigenvalue weighted by molar-refractivity contribution is -0.299. The molecule has 18 heavy (non-hydrogen) atoms. The number of hydrogen-bond donors (Lipinski definition) is 1. The number of ether oxygens (including phenoxy) is 1. The lowest BCUT2D eigenvalue weighted by atomic mass is 9.99.